The molecule has 0 saturated heterocycles. The van der Waals surface area contributed by atoms with Crippen LogP contribution in [0.15, 0.2) is 66.7 Å². The number of carbonyl (C=O) groups is 3. The van der Waals surface area contributed by atoms with Gasteiger partial charge in [-0.05, 0) is 54.1 Å². The summed E-state index contributed by atoms with van der Waals surface area (Å²) in [6, 6.07) is 16.8. The second-order valence-electron chi connectivity index (χ2n) is 11.4. The van der Waals surface area contributed by atoms with Crippen molar-refractivity contribution in [3.63, 3.8) is 0 Å². The van der Waals surface area contributed by atoms with Gasteiger partial charge in [-0.3, -0.25) is 14.4 Å². The molecule has 0 spiro atoms. The van der Waals surface area contributed by atoms with E-state index in [1.807, 2.05) is 0 Å². The number of aliphatic hydroxyl groups is 2. The number of rotatable bonds is 16. The van der Waals surface area contributed by atoms with Gasteiger partial charge in [-0.15, -0.1) is 24.8 Å². The summed E-state index contributed by atoms with van der Waals surface area (Å²) < 4.78 is 5.04. The molecule has 4 aromatic rings. The van der Waals surface area contributed by atoms with Crippen molar-refractivity contribution >= 4 is 53.5 Å². The van der Waals surface area contributed by atoms with Gasteiger partial charge in [0.05, 0.1) is 48.1 Å². The molecule has 53 heavy (non-hydrogen) atoms. The lowest BCUT2D eigenvalue weighted by atomic mass is 9.81. The predicted molar refractivity (Wildman–Crippen MR) is 205 cm³/mol. The Morgan fingerprint density at radius 1 is 0.604 bits per heavy atom. The van der Waals surface area contributed by atoms with Crippen LogP contribution in [-0.2, 0) is 6.42 Å². The van der Waals surface area contributed by atoms with Crippen molar-refractivity contribution in [1.29, 1.82) is 0 Å². The minimum Gasteiger partial charge on any atom is -0.508 e. The Balaban J connectivity index is 0.000000397. The molecule has 5 rings (SSSR count). The predicted octanol–water partition coefficient (Wildman–Crippen LogP) is 3.24. The van der Waals surface area contributed by atoms with E-state index in [-0.39, 0.29) is 101 Å². The smallest absolute Gasteiger partial charge is 0.200 e. The normalized spacial score (nSPS) is 11.2. The van der Waals surface area contributed by atoms with Gasteiger partial charge in [0.15, 0.2) is 5.78 Å². The van der Waals surface area contributed by atoms with Crippen LogP contribution in [0.5, 0.6) is 28.7 Å². The van der Waals surface area contributed by atoms with E-state index >= 15 is 0 Å². The van der Waals surface area contributed by atoms with E-state index < -0.39 is 11.6 Å². The fourth-order valence-corrected chi connectivity index (χ4v) is 5.42. The summed E-state index contributed by atoms with van der Waals surface area (Å²) in [6.07, 6.45) is 0.183. The van der Waals surface area contributed by atoms with Gasteiger partial charge in [0.2, 0.25) is 11.6 Å². The van der Waals surface area contributed by atoms with Crippen molar-refractivity contribution in [1.82, 2.24) is 10.6 Å². The average Bonchev–Trinajstić information content (AvgIpc) is 3.12. The maximum absolute atomic E-state index is 13.4. The second kappa shape index (κ2) is 21.4. The minimum absolute atomic E-state index is 0. The number of phenols is 4. The molecule has 0 aromatic heterocycles. The molecule has 286 valence electrons. The zero-order valence-corrected chi connectivity index (χ0v) is 30.5. The number of Topliss-reactive ketones (excluding diaryl/α,β-unsaturated/α-hetero) is 1. The second-order valence-corrected chi connectivity index (χ2v) is 11.4. The van der Waals surface area contributed by atoms with Crippen molar-refractivity contribution in [2.75, 3.05) is 70.2 Å². The molecule has 1 aliphatic rings. The van der Waals surface area contributed by atoms with Gasteiger partial charge in [-0.2, -0.15) is 0 Å². The van der Waals surface area contributed by atoms with Crippen LogP contribution in [0.2, 0.25) is 0 Å². The molecule has 0 unspecified atom stereocenters. The Morgan fingerprint density at radius 3 is 1.53 bits per heavy atom. The molecule has 1 aliphatic carbocycles. The number of aliphatic hydroxyl groups excluding tert-OH is 2. The molecule has 0 aliphatic heterocycles. The molecule has 0 fully saturated rings. The third kappa shape index (κ3) is 11.2. The molecule has 0 saturated carbocycles. The number of hydrogen-bond acceptors (Lipinski definition) is 14. The number of aromatic hydroxyl groups is 4. The summed E-state index contributed by atoms with van der Waals surface area (Å²) in [4.78, 5) is 38.8. The summed E-state index contributed by atoms with van der Waals surface area (Å²) in [6.45, 7) is 2.81. The number of carbonyl (C=O) groups excluding carboxylic acids is 3. The Bertz CT molecular complexity index is 1780. The number of anilines is 2. The van der Waals surface area contributed by atoms with Gasteiger partial charge in [0.1, 0.15) is 28.7 Å². The van der Waals surface area contributed by atoms with Crippen LogP contribution in [-0.4, -0.2) is 108 Å². The minimum atomic E-state index is -0.559. The molecular weight excluding hydrogens is 731 g/mol. The lowest BCUT2D eigenvalue weighted by Gasteiger charge is -2.25. The van der Waals surface area contributed by atoms with Crippen LogP contribution in [0.1, 0.15) is 47.8 Å². The first-order valence-corrected chi connectivity index (χ1v) is 16.2. The van der Waals surface area contributed by atoms with Crippen LogP contribution in [0, 0.1) is 0 Å². The average molecular weight is 776 g/mol. The summed E-state index contributed by atoms with van der Waals surface area (Å²) in [5.41, 5.74) is 1.71. The molecule has 10 N–H and O–H groups in total. The molecule has 16 heteroatoms. The summed E-state index contributed by atoms with van der Waals surface area (Å²) in [5, 5.41) is 69.4. The molecule has 4 aromatic carbocycles. The van der Waals surface area contributed by atoms with Crippen molar-refractivity contribution in [2.24, 2.45) is 0 Å². The van der Waals surface area contributed by atoms with Crippen LogP contribution < -0.4 is 26.0 Å². The summed E-state index contributed by atoms with van der Waals surface area (Å²) in [7, 11) is 1.58. The maximum Gasteiger partial charge on any atom is 0.200 e. The van der Waals surface area contributed by atoms with Gasteiger partial charge < -0.3 is 56.6 Å². The number of nitrogens with one attached hydrogen (secondary N) is 4. The van der Waals surface area contributed by atoms with Gasteiger partial charge in [-0.25, -0.2) is 0 Å². The monoisotopic (exact) mass is 774 g/mol. The Hall–Kier alpha value is -5.09. The van der Waals surface area contributed by atoms with Crippen LogP contribution in [0.25, 0.3) is 0 Å². The first-order chi connectivity index (χ1) is 24.6. The Kier molecular flexibility index (Phi) is 17.8. The highest BCUT2D eigenvalue weighted by molar-refractivity contribution is 6.33. The van der Waals surface area contributed by atoms with E-state index in [2.05, 4.69) is 21.3 Å². The molecule has 0 atom stereocenters. The fraction of sp³-hybridized carbons (Fsp3) is 0.270. The van der Waals surface area contributed by atoms with Crippen LogP contribution in [0.3, 0.4) is 0 Å². The lowest BCUT2D eigenvalue weighted by molar-refractivity contribution is 0.0975. The topological polar surface area (TPSA) is 230 Å². The van der Waals surface area contributed by atoms with E-state index in [4.69, 9.17) is 14.9 Å². The standard InChI is InChI=1S/C22H28N4O6.C15H14O4.2ClH/c27-11-9-23-5-7-25-13-1-2-14(26-8-6-24-10-12-28)18-17(13)21(31)19-15(29)3-4-16(30)20(19)22(18)32;1-19-12-5-2-10(3-6-12)8-14(17)13-7-4-11(16)9-15(13)18;;/h1-4,23-30H,5-12H2;2-7,9,16,18H,8H2,1H3;2*1H. The third-order valence-electron chi connectivity index (χ3n) is 7.89. The number of ketones is 3. The number of halogens is 2. The fourth-order valence-electron chi connectivity index (χ4n) is 5.42. The highest BCUT2D eigenvalue weighted by Crippen LogP contribution is 2.42. The van der Waals surface area contributed by atoms with Gasteiger partial charge >= 0.3 is 0 Å². The maximum atomic E-state index is 13.4. The molecule has 14 nitrogen and oxygen atoms in total. The lowest BCUT2D eigenvalue weighted by Crippen LogP contribution is -2.28. The van der Waals surface area contributed by atoms with Gasteiger partial charge in [-0.1, -0.05) is 12.1 Å². The van der Waals surface area contributed by atoms with Gasteiger partial charge in [0, 0.05) is 63.1 Å². The SMILES string of the molecule is COc1ccc(CC(=O)c2ccc(O)cc2O)cc1.Cl.Cl.O=C1c2c(O)ccc(O)c2C(=O)c2c(NCCNCCO)ccc(NCCNCCO)c21. The molecule has 0 radical (unpaired) electrons. The highest BCUT2D eigenvalue weighted by Gasteiger charge is 2.37. The number of benzene rings is 4. The number of fused-ring (bicyclic) bond motifs is 2. The third-order valence-corrected chi connectivity index (χ3v) is 7.89. The molecule has 0 amide bonds. The van der Waals surface area contributed by atoms with E-state index in [9.17, 15) is 34.8 Å². The molecule has 0 heterocycles. The highest BCUT2D eigenvalue weighted by atomic mass is 35.5. The Morgan fingerprint density at radius 2 is 1.09 bits per heavy atom. The van der Waals surface area contributed by atoms with Crippen LogP contribution >= 0.6 is 24.8 Å². The number of ether oxygens (including phenoxy) is 1. The zero-order chi connectivity index (χ0) is 36.9. The molecular formula is C37H44Cl2N4O10. The number of hydrogen-bond donors (Lipinski definition) is 10. The zero-order valence-electron chi connectivity index (χ0n) is 28.8. The summed E-state index contributed by atoms with van der Waals surface area (Å²) in [5.74, 6) is -1.62. The van der Waals surface area contributed by atoms with Crippen molar-refractivity contribution < 1.29 is 49.8 Å². The largest absolute Gasteiger partial charge is 0.508 e. The number of phenolic OH excluding ortho intramolecular Hbond substituents is 4. The first-order valence-electron chi connectivity index (χ1n) is 16.2. The Labute approximate surface area is 318 Å². The van der Waals surface area contributed by atoms with Crippen molar-refractivity contribution in [3.8, 4) is 28.7 Å². The van der Waals surface area contributed by atoms with E-state index in [0.29, 0.717) is 50.6 Å². The van der Waals surface area contributed by atoms with E-state index in [0.717, 1.165) is 17.4 Å². The van der Waals surface area contributed by atoms with E-state index in [1.165, 1.54) is 24.3 Å². The number of methoxy groups -OCH3 is 1. The van der Waals surface area contributed by atoms with Gasteiger partial charge in [0.25, 0.3) is 0 Å². The van der Waals surface area contributed by atoms with Crippen molar-refractivity contribution in [3.05, 3.63) is 100 Å². The van der Waals surface area contributed by atoms with Crippen molar-refractivity contribution in [2.45, 2.75) is 6.42 Å². The summed E-state index contributed by atoms with van der Waals surface area (Å²) >= 11 is 0. The first kappa shape index (κ1) is 44.1. The van der Waals surface area contributed by atoms with Crippen LogP contribution in [0.4, 0.5) is 11.4 Å². The quantitative estimate of drug-likeness (QED) is 0.0395. The molecule has 0 bridgehead atoms. The van der Waals surface area contributed by atoms with E-state index in [1.54, 1.807) is 43.5 Å².